The second-order valence-corrected chi connectivity index (χ2v) is 22.0. The number of hydrogen-bond donors (Lipinski definition) is 0. The predicted molar refractivity (Wildman–Crippen MR) is 193 cm³/mol. The van der Waals surface area contributed by atoms with Gasteiger partial charge in [0.2, 0.25) is 0 Å². The first-order chi connectivity index (χ1) is 21.2. The Bertz CT molecular complexity index is 2490. The molecule has 0 N–H and O–H groups in total. The Balaban J connectivity index is 1.19. The largest absolute Gasteiger partial charge is 0.430 e. The van der Waals surface area contributed by atoms with Crippen LogP contribution >= 0.6 is 64.4 Å². The second-order valence-electron chi connectivity index (χ2n) is 10.7. The summed E-state index contributed by atoms with van der Waals surface area (Å²) < 4.78 is 26.5. The maximum Gasteiger partial charge on any atom is 0.352 e. The molecule has 0 spiro atoms. The SMILES string of the molecule is ClP1(Cl)=NP(Cl)(Oc2ccc3ccc4cccc5ccc2c3c45)=NP(Cl)(Oc2ccc3ccc4cccc5ccc2c3c45)=N1. The van der Waals surface area contributed by atoms with E-state index in [2.05, 4.69) is 86.3 Å². The monoisotopic (exact) mass is 709 g/mol. The first-order valence-corrected chi connectivity index (χ1v) is 22.1. The highest BCUT2D eigenvalue weighted by atomic mass is 35.9. The summed E-state index contributed by atoms with van der Waals surface area (Å²) in [5.41, 5.74) is 0. The number of halogens is 4. The van der Waals surface area contributed by atoms with Crippen LogP contribution in [-0.4, -0.2) is 0 Å². The van der Waals surface area contributed by atoms with Crippen molar-refractivity contribution in [2.45, 2.75) is 0 Å². The molecular formula is C32H18Cl4N3O2P3. The third-order valence-corrected chi connectivity index (χ3v) is 19.5. The molecule has 0 saturated heterocycles. The summed E-state index contributed by atoms with van der Waals surface area (Å²) >= 11 is 27.5. The van der Waals surface area contributed by atoms with Crippen molar-refractivity contribution in [3.8, 4) is 11.5 Å². The lowest BCUT2D eigenvalue weighted by Gasteiger charge is -2.26. The van der Waals surface area contributed by atoms with Gasteiger partial charge in [-0.2, -0.15) is 9.03 Å². The fourth-order valence-electron chi connectivity index (χ4n) is 6.35. The molecule has 0 bridgehead atoms. The molecule has 5 nitrogen and oxygen atoms in total. The average molecular weight is 711 g/mol. The van der Waals surface area contributed by atoms with Crippen molar-refractivity contribution in [1.82, 2.24) is 0 Å². The smallest absolute Gasteiger partial charge is 0.352 e. The molecule has 216 valence electrons. The van der Waals surface area contributed by atoms with Crippen molar-refractivity contribution in [1.29, 1.82) is 0 Å². The Hall–Kier alpha value is -2.71. The molecule has 2 unspecified atom stereocenters. The van der Waals surface area contributed by atoms with Gasteiger partial charge >= 0.3 is 13.6 Å². The van der Waals surface area contributed by atoms with Crippen molar-refractivity contribution >= 4 is 129 Å². The summed E-state index contributed by atoms with van der Waals surface area (Å²) in [6.45, 7) is -7.14. The zero-order chi connectivity index (χ0) is 29.8. The maximum atomic E-state index is 7.09. The standard InChI is InChI=1S/C32H18Cl4N3O2P3/c33-42(34)37-43(35,40-27-17-13-23-9-7-19-3-1-5-21-11-15-25(27)31(23)29(19)21)39-44(36,38-42)41-28-18-14-24-10-8-20-4-2-6-22-12-16-26(28)32(24)30(20)22/h1-18H. The molecule has 8 aromatic rings. The first kappa shape index (κ1) is 27.6. The number of rotatable bonds is 4. The van der Waals surface area contributed by atoms with E-state index in [0.717, 1.165) is 64.6 Å². The third-order valence-electron chi connectivity index (χ3n) is 8.06. The van der Waals surface area contributed by atoms with Gasteiger partial charge < -0.3 is 9.05 Å². The van der Waals surface area contributed by atoms with Crippen LogP contribution in [0.1, 0.15) is 0 Å². The maximum absolute atomic E-state index is 7.09. The van der Waals surface area contributed by atoms with Crippen LogP contribution in [0.5, 0.6) is 11.5 Å². The Labute approximate surface area is 270 Å². The van der Waals surface area contributed by atoms with Gasteiger partial charge in [-0.3, -0.25) is 0 Å². The van der Waals surface area contributed by atoms with E-state index in [9.17, 15) is 0 Å². The van der Waals surface area contributed by atoms with E-state index in [1.54, 1.807) is 0 Å². The lowest BCUT2D eigenvalue weighted by molar-refractivity contribution is 0.615. The molecule has 0 aliphatic carbocycles. The van der Waals surface area contributed by atoms with Crippen molar-refractivity contribution in [2.24, 2.45) is 13.5 Å². The van der Waals surface area contributed by atoms with Gasteiger partial charge in [0.1, 0.15) is 11.5 Å². The molecule has 0 fully saturated rings. The van der Waals surface area contributed by atoms with E-state index in [4.69, 9.17) is 54.0 Å². The zero-order valence-electron chi connectivity index (χ0n) is 22.4. The highest BCUT2D eigenvalue weighted by molar-refractivity contribution is 8.17. The van der Waals surface area contributed by atoms with Crippen molar-refractivity contribution in [3.05, 3.63) is 109 Å². The van der Waals surface area contributed by atoms with Gasteiger partial charge in [0, 0.05) is 21.5 Å². The van der Waals surface area contributed by atoms with Gasteiger partial charge in [0.05, 0.1) is 0 Å². The normalized spacial score (nSPS) is 21.6. The van der Waals surface area contributed by atoms with Crippen LogP contribution in [-0.2, 0) is 0 Å². The topological polar surface area (TPSA) is 55.5 Å². The molecule has 8 aromatic carbocycles. The molecule has 0 amide bonds. The molecule has 9 rings (SSSR count). The summed E-state index contributed by atoms with van der Waals surface area (Å²) in [5, 5.41) is 12.9. The minimum Gasteiger partial charge on any atom is -0.430 e. The van der Waals surface area contributed by atoms with Gasteiger partial charge in [-0.25, -0.2) is 0 Å². The van der Waals surface area contributed by atoms with Gasteiger partial charge in [0.25, 0.3) is 5.91 Å². The Morgan fingerprint density at radius 3 is 1.20 bits per heavy atom. The van der Waals surface area contributed by atoms with Gasteiger partial charge in [-0.15, -0.1) is 4.52 Å². The second kappa shape index (κ2) is 9.65. The molecule has 12 heteroatoms. The highest BCUT2D eigenvalue weighted by Gasteiger charge is 2.38. The first-order valence-electron chi connectivity index (χ1n) is 13.6. The highest BCUT2D eigenvalue weighted by Crippen LogP contribution is 2.85. The summed E-state index contributed by atoms with van der Waals surface area (Å²) in [6.07, 6.45) is 0. The van der Waals surface area contributed by atoms with Crippen molar-refractivity contribution in [2.75, 3.05) is 0 Å². The van der Waals surface area contributed by atoms with Crippen LogP contribution in [0.15, 0.2) is 123 Å². The fraction of sp³-hybridized carbons (Fsp3) is 0. The Morgan fingerprint density at radius 2 is 0.750 bits per heavy atom. The summed E-state index contributed by atoms with van der Waals surface area (Å²) in [7, 11) is 0. The van der Waals surface area contributed by atoms with Crippen molar-refractivity contribution < 1.29 is 9.05 Å². The fourth-order valence-corrected chi connectivity index (χ4v) is 21.1. The molecule has 0 radical (unpaired) electrons. The molecule has 1 aliphatic rings. The van der Waals surface area contributed by atoms with Crippen LogP contribution in [0.3, 0.4) is 0 Å². The number of hydrogen-bond acceptors (Lipinski definition) is 5. The summed E-state index contributed by atoms with van der Waals surface area (Å²) in [6, 6.07) is 36.8. The summed E-state index contributed by atoms with van der Waals surface area (Å²) in [5.74, 6) is -2.39. The van der Waals surface area contributed by atoms with E-state index in [-0.39, 0.29) is 0 Å². The Morgan fingerprint density at radius 1 is 0.386 bits per heavy atom. The Kier molecular flexibility index (Phi) is 6.05. The van der Waals surface area contributed by atoms with E-state index in [1.807, 2.05) is 36.4 Å². The molecule has 44 heavy (non-hydrogen) atoms. The quantitative estimate of drug-likeness (QED) is 0.135. The van der Waals surface area contributed by atoms with Crippen LogP contribution in [0.4, 0.5) is 0 Å². The van der Waals surface area contributed by atoms with Crippen LogP contribution in [0.25, 0.3) is 64.6 Å². The van der Waals surface area contributed by atoms with E-state index in [0.29, 0.717) is 11.5 Å². The summed E-state index contributed by atoms with van der Waals surface area (Å²) in [4.78, 5) is 0. The van der Waals surface area contributed by atoms with Crippen molar-refractivity contribution in [3.63, 3.8) is 0 Å². The molecule has 0 saturated carbocycles. The molecule has 0 aromatic heterocycles. The molecule has 2 atom stereocenters. The molecule has 1 aliphatic heterocycles. The minimum atomic E-state index is -3.57. The molecule has 1 heterocycles. The third kappa shape index (κ3) is 4.33. The number of nitrogens with zero attached hydrogens (tertiary/aromatic N) is 3. The van der Waals surface area contributed by atoms with E-state index < -0.39 is 19.5 Å². The lowest BCUT2D eigenvalue weighted by atomic mass is 9.94. The van der Waals surface area contributed by atoms with E-state index in [1.165, 1.54) is 0 Å². The average Bonchev–Trinajstić information content (AvgIpc) is 2.98. The van der Waals surface area contributed by atoms with Gasteiger partial charge in [0.15, 0.2) is 0 Å². The molecular weight excluding hydrogens is 693 g/mol. The lowest BCUT2D eigenvalue weighted by Crippen LogP contribution is -1.94. The van der Waals surface area contributed by atoms with Gasteiger partial charge in [-0.05, 0) is 112 Å². The zero-order valence-corrected chi connectivity index (χ0v) is 28.1. The van der Waals surface area contributed by atoms with E-state index >= 15 is 0 Å². The van der Waals surface area contributed by atoms with Gasteiger partial charge in [-0.1, -0.05) is 84.9 Å². The van der Waals surface area contributed by atoms with Crippen LogP contribution in [0, 0.1) is 0 Å². The van der Waals surface area contributed by atoms with Crippen LogP contribution in [0.2, 0.25) is 0 Å². The van der Waals surface area contributed by atoms with Crippen LogP contribution < -0.4 is 9.05 Å². The predicted octanol–water partition coefficient (Wildman–Crippen LogP) is 14.7. The number of benzene rings is 8. The minimum absolute atomic E-state index is 0.507.